The first-order chi connectivity index (χ1) is 15.4. The minimum atomic E-state index is -0.347. The largest absolute Gasteiger partial charge is 0.508 e. The molecule has 2 heterocycles. The normalized spacial score (nSPS) is 10.8. The maximum absolute atomic E-state index is 12.9. The summed E-state index contributed by atoms with van der Waals surface area (Å²) in [5, 5.41) is 20.6. The quantitative estimate of drug-likeness (QED) is 0.295. The molecule has 0 saturated heterocycles. The number of hydrogen-bond acceptors (Lipinski definition) is 7. The Kier molecular flexibility index (Phi) is 5.74. The van der Waals surface area contributed by atoms with Gasteiger partial charge in [0.2, 0.25) is 5.78 Å². The van der Waals surface area contributed by atoms with Crippen molar-refractivity contribution in [1.82, 2.24) is 14.9 Å². The Labute approximate surface area is 187 Å². The fourth-order valence-electron chi connectivity index (χ4n) is 3.43. The second kappa shape index (κ2) is 8.64. The van der Waals surface area contributed by atoms with Crippen LogP contribution in [0.25, 0.3) is 10.3 Å². The third-order valence-electron chi connectivity index (χ3n) is 5.01. The molecule has 0 saturated carbocycles. The zero-order chi connectivity index (χ0) is 22.8. The van der Waals surface area contributed by atoms with Crippen molar-refractivity contribution >= 4 is 39.6 Å². The number of rotatable bonds is 7. The van der Waals surface area contributed by atoms with Gasteiger partial charge in [-0.05, 0) is 29.8 Å². The van der Waals surface area contributed by atoms with Gasteiger partial charge in [-0.2, -0.15) is 0 Å². The molecule has 0 aliphatic carbocycles. The Morgan fingerprint density at radius 2 is 2.03 bits per heavy atom. The fraction of sp³-hybridized carbons (Fsp3) is 0.130. The van der Waals surface area contributed by atoms with E-state index < -0.39 is 0 Å². The minimum Gasteiger partial charge on any atom is -0.508 e. The van der Waals surface area contributed by atoms with Crippen LogP contribution in [0.3, 0.4) is 0 Å². The summed E-state index contributed by atoms with van der Waals surface area (Å²) < 4.78 is 7.38. The number of carbonyl (C=O) groups is 2. The second-order valence-corrected chi connectivity index (χ2v) is 8.05. The second-order valence-electron chi connectivity index (χ2n) is 7.05. The lowest BCUT2D eigenvalue weighted by Crippen LogP contribution is -2.26. The van der Waals surface area contributed by atoms with Gasteiger partial charge >= 0.3 is 0 Å². The van der Waals surface area contributed by atoms with E-state index in [0.717, 1.165) is 23.1 Å². The van der Waals surface area contributed by atoms with E-state index in [1.807, 2.05) is 24.3 Å². The Morgan fingerprint density at radius 1 is 1.25 bits per heavy atom. The highest BCUT2D eigenvalue weighted by molar-refractivity contribution is 7.20. The van der Waals surface area contributed by atoms with Crippen molar-refractivity contribution in [1.29, 1.82) is 5.41 Å². The summed E-state index contributed by atoms with van der Waals surface area (Å²) in [5.74, 6) is 0.0125. The van der Waals surface area contributed by atoms with Crippen molar-refractivity contribution in [2.75, 3.05) is 7.11 Å². The number of aromatic nitrogens is 2. The van der Waals surface area contributed by atoms with E-state index in [0.29, 0.717) is 39.5 Å². The predicted molar refractivity (Wildman–Crippen MR) is 122 cm³/mol. The SMILES string of the molecule is COc1cccc(CNC(=O)c2c(C=N)c3sc(C(=O)c4cccc(O)c4)nc3n2C)c1. The lowest BCUT2D eigenvalue weighted by molar-refractivity contribution is 0.0942. The van der Waals surface area contributed by atoms with Gasteiger partial charge in [-0.25, -0.2) is 4.98 Å². The number of amides is 1. The predicted octanol–water partition coefficient (Wildman–Crippen LogP) is 3.51. The molecule has 8 nitrogen and oxygen atoms in total. The van der Waals surface area contributed by atoms with Crippen molar-refractivity contribution in [2.24, 2.45) is 7.05 Å². The summed E-state index contributed by atoms with van der Waals surface area (Å²) in [5.41, 5.74) is 2.34. The lowest BCUT2D eigenvalue weighted by Gasteiger charge is -2.09. The van der Waals surface area contributed by atoms with Crippen LogP contribution in [0.5, 0.6) is 11.5 Å². The molecular formula is C23H20N4O4S. The van der Waals surface area contributed by atoms with Gasteiger partial charge in [-0.15, -0.1) is 11.3 Å². The van der Waals surface area contributed by atoms with Gasteiger partial charge in [0.05, 0.1) is 11.8 Å². The summed E-state index contributed by atoms with van der Waals surface area (Å²) in [7, 11) is 3.26. The van der Waals surface area contributed by atoms with Crippen LogP contribution >= 0.6 is 11.3 Å². The number of nitrogens with one attached hydrogen (secondary N) is 2. The number of carbonyl (C=O) groups excluding carboxylic acids is 2. The Morgan fingerprint density at radius 3 is 2.75 bits per heavy atom. The fourth-order valence-corrected chi connectivity index (χ4v) is 4.51. The molecule has 162 valence electrons. The zero-order valence-electron chi connectivity index (χ0n) is 17.4. The van der Waals surface area contributed by atoms with Gasteiger partial charge in [0.25, 0.3) is 5.91 Å². The van der Waals surface area contributed by atoms with Gasteiger partial charge < -0.3 is 25.1 Å². The number of fused-ring (bicyclic) bond motifs is 1. The van der Waals surface area contributed by atoms with E-state index >= 15 is 0 Å². The Balaban J connectivity index is 1.63. The van der Waals surface area contributed by atoms with Crippen LogP contribution in [0.4, 0.5) is 0 Å². The molecule has 32 heavy (non-hydrogen) atoms. The molecule has 0 atom stereocenters. The van der Waals surface area contributed by atoms with Gasteiger partial charge in [0.1, 0.15) is 17.2 Å². The number of phenols is 1. The third kappa shape index (κ3) is 3.85. The van der Waals surface area contributed by atoms with Crippen molar-refractivity contribution in [3.63, 3.8) is 0 Å². The van der Waals surface area contributed by atoms with E-state index in [-0.39, 0.29) is 22.4 Å². The Hall–Kier alpha value is -3.98. The monoisotopic (exact) mass is 448 g/mol. The molecule has 0 fully saturated rings. The van der Waals surface area contributed by atoms with Crippen molar-refractivity contribution in [2.45, 2.75) is 6.54 Å². The number of phenolic OH excluding ortho intramolecular Hbond substituents is 1. The van der Waals surface area contributed by atoms with Gasteiger partial charge in [-0.1, -0.05) is 24.3 Å². The molecule has 0 bridgehead atoms. The summed E-state index contributed by atoms with van der Waals surface area (Å²) in [6.07, 6.45) is 1.10. The molecule has 2 aromatic carbocycles. The lowest BCUT2D eigenvalue weighted by atomic mass is 10.1. The number of aryl methyl sites for hydroxylation is 1. The molecule has 4 aromatic rings. The van der Waals surface area contributed by atoms with Crippen LogP contribution in [-0.4, -0.2) is 39.7 Å². The van der Waals surface area contributed by atoms with Crippen LogP contribution in [0, 0.1) is 5.41 Å². The van der Waals surface area contributed by atoms with Gasteiger partial charge in [0.15, 0.2) is 10.7 Å². The van der Waals surface area contributed by atoms with Crippen LogP contribution in [-0.2, 0) is 13.6 Å². The molecule has 0 aliphatic heterocycles. The van der Waals surface area contributed by atoms with Crippen LogP contribution < -0.4 is 10.1 Å². The molecule has 0 radical (unpaired) electrons. The number of methoxy groups -OCH3 is 1. The van der Waals surface area contributed by atoms with E-state index in [4.69, 9.17) is 10.1 Å². The standard InChI is InChI=1S/C23H20N4O4S/c1-27-18(22(30)25-12-13-5-3-8-16(9-13)31-2)17(11-24)20-21(27)26-23(32-20)19(29)14-6-4-7-15(28)10-14/h3-11,24,28H,12H2,1-2H3,(H,25,30). The summed E-state index contributed by atoms with van der Waals surface area (Å²) >= 11 is 1.12. The molecule has 9 heteroatoms. The molecule has 1 amide bonds. The first kappa shape index (κ1) is 21.3. The number of benzene rings is 2. The van der Waals surface area contributed by atoms with Gasteiger partial charge in [-0.3, -0.25) is 9.59 Å². The smallest absolute Gasteiger partial charge is 0.268 e. The van der Waals surface area contributed by atoms with Crippen molar-refractivity contribution in [3.8, 4) is 11.5 Å². The molecule has 0 aliphatic rings. The molecule has 0 spiro atoms. The number of ketones is 1. The van der Waals surface area contributed by atoms with Crippen LogP contribution in [0.2, 0.25) is 0 Å². The van der Waals surface area contributed by atoms with Gasteiger partial charge in [0, 0.05) is 30.9 Å². The molecule has 4 rings (SSSR count). The van der Waals surface area contributed by atoms with E-state index in [1.165, 1.54) is 12.1 Å². The topological polar surface area (TPSA) is 117 Å². The molecule has 0 unspecified atom stereocenters. The first-order valence-corrected chi connectivity index (χ1v) is 10.5. The van der Waals surface area contributed by atoms with E-state index in [2.05, 4.69) is 10.3 Å². The average molecular weight is 449 g/mol. The summed E-state index contributed by atoms with van der Waals surface area (Å²) in [6.45, 7) is 0.293. The van der Waals surface area contributed by atoms with Crippen molar-refractivity contribution < 1.29 is 19.4 Å². The highest BCUT2D eigenvalue weighted by Crippen LogP contribution is 2.31. The maximum Gasteiger partial charge on any atom is 0.268 e. The minimum absolute atomic E-state index is 0.00728. The zero-order valence-corrected chi connectivity index (χ0v) is 18.2. The average Bonchev–Trinajstić information content (AvgIpc) is 3.35. The summed E-state index contributed by atoms with van der Waals surface area (Å²) in [6, 6.07) is 13.4. The van der Waals surface area contributed by atoms with Crippen LogP contribution in [0.15, 0.2) is 48.5 Å². The van der Waals surface area contributed by atoms with Crippen LogP contribution in [0.1, 0.15) is 37.0 Å². The number of ether oxygens (including phenoxy) is 1. The molecular weight excluding hydrogens is 428 g/mol. The summed E-state index contributed by atoms with van der Waals surface area (Å²) in [4.78, 5) is 30.1. The maximum atomic E-state index is 12.9. The number of aromatic hydroxyl groups is 1. The number of thiazole rings is 1. The Bertz CT molecular complexity index is 1360. The first-order valence-electron chi connectivity index (χ1n) is 9.67. The number of nitrogens with zero attached hydrogens (tertiary/aromatic N) is 2. The number of hydrogen-bond donors (Lipinski definition) is 3. The highest BCUT2D eigenvalue weighted by Gasteiger charge is 2.25. The molecule has 3 N–H and O–H groups in total. The van der Waals surface area contributed by atoms with Crippen molar-refractivity contribution in [3.05, 3.63) is 75.9 Å². The van der Waals surface area contributed by atoms with E-state index in [1.54, 1.807) is 30.9 Å². The van der Waals surface area contributed by atoms with E-state index in [9.17, 15) is 14.7 Å². The highest BCUT2D eigenvalue weighted by atomic mass is 32.1. The molecule has 2 aromatic heterocycles. The third-order valence-corrected chi connectivity index (χ3v) is 6.09.